The van der Waals surface area contributed by atoms with Crippen LogP contribution in [0.2, 0.25) is 0 Å². The Bertz CT molecular complexity index is 621. The van der Waals surface area contributed by atoms with E-state index in [4.69, 9.17) is 0 Å². The fourth-order valence-electron chi connectivity index (χ4n) is 3.46. The Morgan fingerprint density at radius 2 is 1.68 bits per heavy atom. The van der Waals surface area contributed by atoms with Crippen LogP contribution in [0.4, 0.5) is 9.59 Å². The van der Waals surface area contributed by atoms with Crippen molar-refractivity contribution < 1.29 is 14.7 Å². The number of phenols is 1. The van der Waals surface area contributed by atoms with Crippen molar-refractivity contribution in [2.24, 2.45) is 5.92 Å². The molecule has 0 saturated carbocycles. The van der Waals surface area contributed by atoms with Gasteiger partial charge in [0.15, 0.2) is 0 Å². The zero-order valence-electron chi connectivity index (χ0n) is 12.8. The first-order valence-corrected chi connectivity index (χ1v) is 7.26. The Balaban J connectivity index is 2.08. The molecule has 7 nitrogen and oxygen atoms in total. The summed E-state index contributed by atoms with van der Waals surface area (Å²) in [5.74, 6) is 0.0678. The maximum absolute atomic E-state index is 12.3. The lowest BCUT2D eigenvalue weighted by atomic mass is 9.81. The number of urea groups is 2. The van der Waals surface area contributed by atoms with Gasteiger partial charge in [0.1, 0.15) is 11.9 Å². The average molecular weight is 304 g/mol. The predicted molar refractivity (Wildman–Crippen MR) is 80.2 cm³/mol. The molecule has 0 spiro atoms. The van der Waals surface area contributed by atoms with E-state index in [2.05, 4.69) is 10.6 Å². The van der Waals surface area contributed by atoms with Gasteiger partial charge in [-0.25, -0.2) is 9.59 Å². The maximum Gasteiger partial charge on any atom is 0.319 e. The third-order valence-electron chi connectivity index (χ3n) is 4.66. The van der Waals surface area contributed by atoms with Crippen molar-refractivity contribution in [2.75, 3.05) is 14.1 Å². The number of aromatic hydroxyl groups is 1. The van der Waals surface area contributed by atoms with Gasteiger partial charge < -0.3 is 25.5 Å². The van der Waals surface area contributed by atoms with Gasteiger partial charge in [0.2, 0.25) is 0 Å². The van der Waals surface area contributed by atoms with Crippen molar-refractivity contribution in [2.45, 2.75) is 25.2 Å². The second-order valence-corrected chi connectivity index (χ2v) is 5.94. The molecule has 1 aromatic carbocycles. The van der Waals surface area contributed by atoms with Gasteiger partial charge in [-0.1, -0.05) is 18.2 Å². The second-order valence-electron chi connectivity index (χ2n) is 5.94. The molecule has 0 aromatic heterocycles. The lowest BCUT2D eigenvalue weighted by molar-refractivity contribution is 0.0241. The molecular formula is C15H20N4O3. The zero-order chi connectivity index (χ0) is 16.0. The Morgan fingerprint density at radius 1 is 1.05 bits per heavy atom. The lowest BCUT2D eigenvalue weighted by Gasteiger charge is -2.52. The second kappa shape index (κ2) is 5.08. The Morgan fingerprint density at radius 3 is 2.36 bits per heavy atom. The maximum atomic E-state index is 12.3. The van der Waals surface area contributed by atoms with Crippen LogP contribution in [0.5, 0.6) is 5.75 Å². The number of benzene rings is 1. The molecule has 7 heteroatoms. The van der Waals surface area contributed by atoms with Crippen molar-refractivity contribution in [1.82, 2.24) is 20.4 Å². The van der Waals surface area contributed by atoms with E-state index in [-0.39, 0.29) is 35.8 Å². The average Bonchev–Trinajstić information content (AvgIpc) is 2.48. The van der Waals surface area contributed by atoms with Gasteiger partial charge in [0, 0.05) is 31.6 Å². The highest BCUT2D eigenvalue weighted by Gasteiger charge is 2.50. The fourth-order valence-corrected chi connectivity index (χ4v) is 3.46. The van der Waals surface area contributed by atoms with Crippen LogP contribution in [-0.2, 0) is 0 Å². The van der Waals surface area contributed by atoms with Crippen molar-refractivity contribution in [1.29, 1.82) is 0 Å². The first kappa shape index (κ1) is 14.5. The molecule has 2 fully saturated rings. The Hall–Kier alpha value is -2.44. The Labute approximate surface area is 128 Å². The summed E-state index contributed by atoms with van der Waals surface area (Å²) in [6.45, 7) is 1.92. The van der Waals surface area contributed by atoms with Crippen LogP contribution >= 0.6 is 0 Å². The smallest absolute Gasteiger partial charge is 0.319 e. The van der Waals surface area contributed by atoms with Crippen LogP contribution < -0.4 is 10.6 Å². The van der Waals surface area contributed by atoms with E-state index in [0.717, 1.165) is 0 Å². The summed E-state index contributed by atoms with van der Waals surface area (Å²) in [6, 6.07) is 6.07. The highest BCUT2D eigenvalue weighted by atomic mass is 16.3. The topological polar surface area (TPSA) is 84.9 Å². The van der Waals surface area contributed by atoms with Gasteiger partial charge in [-0.15, -0.1) is 0 Å². The number of amides is 4. The van der Waals surface area contributed by atoms with Gasteiger partial charge in [-0.2, -0.15) is 0 Å². The lowest BCUT2D eigenvalue weighted by Crippen LogP contribution is -2.71. The summed E-state index contributed by atoms with van der Waals surface area (Å²) < 4.78 is 0. The highest BCUT2D eigenvalue weighted by Crippen LogP contribution is 2.41. The summed E-state index contributed by atoms with van der Waals surface area (Å²) in [6.07, 6.45) is -0.406. The predicted octanol–water partition coefficient (Wildman–Crippen LogP) is 1.07. The number of nitrogens with zero attached hydrogens (tertiary/aromatic N) is 2. The number of rotatable bonds is 1. The molecule has 118 valence electrons. The van der Waals surface area contributed by atoms with E-state index in [0.29, 0.717) is 5.56 Å². The van der Waals surface area contributed by atoms with Crippen LogP contribution in [0.15, 0.2) is 24.3 Å². The molecule has 1 aromatic rings. The van der Waals surface area contributed by atoms with E-state index >= 15 is 0 Å². The molecular weight excluding hydrogens is 284 g/mol. The molecule has 2 saturated heterocycles. The summed E-state index contributed by atoms with van der Waals surface area (Å²) >= 11 is 0. The van der Waals surface area contributed by atoms with E-state index < -0.39 is 6.17 Å². The monoisotopic (exact) mass is 304 g/mol. The van der Waals surface area contributed by atoms with Crippen molar-refractivity contribution in [3.8, 4) is 5.75 Å². The molecule has 0 unspecified atom stereocenters. The molecule has 0 bridgehead atoms. The quantitative estimate of drug-likeness (QED) is 0.725. The minimum absolute atomic E-state index is 0.0845. The summed E-state index contributed by atoms with van der Waals surface area (Å²) in [4.78, 5) is 27.3. The molecule has 0 aliphatic carbocycles. The number of para-hydroxylation sites is 1. The van der Waals surface area contributed by atoms with E-state index in [1.807, 2.05) is 19.1 Å². The molecule has 22 heavy (non-hydrogen) atoms. The van der Waals surface area contributed by atoms with Crippen LogP contribution in [0.25, 0.3) is 0 Å². The first-order valence-electron chi connectivity index (χ1n) is 7.26. The number of nitrogens with one attached hydrogen (secondary N) is 2. The SMILES string of the molecule is C[C@H]1NC(=O)N(C)[C@@H]2NC(=O)N(C)[C@H](c3ccccc3O)[C@@H]21. The molecule has 4 atom stereocenters. The minimum atomic E-state index is -0.406. The van der Waals surface area contributed by atoms with Crippen LogP contribution in [0.3, 0.4) is 0 Å². The molecule has 4 amide bonds. The third kappa shape index (κ3) is 2.04. The molecule has 2 aliphatic heterocycles. The molecule has 3 N–H and O–H groups in total. The van der Waals surface area contributed by atoms with E-state index in [1.54, 1.807) is 31.1 Å². The molecule has 3 rings (SSSR count). The molecule has 2 heterocycles. The van der Waals surface area contributed by atoms with Gasteiger partial charge in [-0.3, -0.25) is 0 Å². The van der Waals surface area contributed by atoms with E-state index in [1.165, 1.54) is 4.90 Å². The molecule has 2 aliphatic rings. The van der Waals surface area contributed by atoms with Crippen molar-refractivity contribution >= 4 is 12.1 Å². The van der Waals surface area contributed by atoms with Crippen LogP contribution in [0.1, 0.15) is 18.5 Å². The number of phenolic OH excluding ortho intramolecular Hbond substituents is 1. The summed E-state index contributed by atoms with van der Waals surface area (Å²) in [5, 5.41) is 16.0. The van der Waals surface area contributed by atoms with Gasteiger partial charge in [0.25, 0.3) is 0 Å². The summed E-state index contributed by atoms with van der Waals surface area (Å²) in [7, 11) is 3.36. The number of carbonyl (C=O) groups excluding carboxylic acids is 2. The van der Waals surface area contributed by atoms with Crippen molar-refractivity contribution in [3.05, 3.63) is 29.8 Å². The number of carbonyl (C=O) groups is 2. The number of hydrogen-bond acceptors (Lipinski definition) is 3. The third-order valence-corrected chi connectivity index (χ3v) is 4.66. The van der Waals surface area contributed by atoms with Gasteiger partial charge in [-0.05, 0) is 13.0 Å². The number of fused-ring (bicyclic) bond motifs is 1. The van der Waals surface area contributed by atoms with Crippen molar-refractivity contribution in [3.63, 3.8) is 0 Å². The minimum Gasteiger partial charge on any atom is -0.508 e. The zero-order valence-corrected chi connectivity index (χ0v) is 12.8. The highest BCUT2D eigenvalue weighted by molar-refractivity contribution is 5.80. The Kier molecular flexibility index (Phi) is 3.35. The van der Waals surface area contributed by atoms with Crippen LogP contribution in [0, 0.1) is 5.92 Å². The van der Waals surface area contributed by atoms with Gasteiger partial charge in [0.05, 0.1) is 6.04 Å². The van der Waals surface area contributed by atoms with Crippen LogP contribution in [-0.4, -0.2) is 53.3 Å². The molecule has 0 radical (unpaired) electrons. The summed E-state index contributed by atoms with van der Waals surface area (Å²) in [5.41, 5.74) is 0.686. The normalized spacial score (nSPS) is 31.4. The largest absolute Gasteiger partial charge is 0.508 e. The standard InChI is InChI=1S/C15H20N4O3/c1-8-11-12(9-6-4-5-7-10(9)20)18(2)15(22)17-13(11)19(3)14(21)16-8/h4-8,11-13,20H,1-3H3,(H,16,21)(H,17,22)/t8-,11+,12-,13+/m1/s1. The first-order chi connectivity index (χ1) is 10.4. The van der Waals surface area contributed by atoms with E-state index in [9.17, 15) is 14.7 Å². The fraction of sp³-hybridized carbons (Fsp3) is 0.467. The number of hydrogen-bond donors (Lipinski definition) is 3. The van der Waals surface area contributed by atoms with Gasteiger partial charge >= 0.3 is 12.1 Å².